The molecule has 27 heavy (non-hydrogen) atoms. The number of hydrogen-bond donors (Lipinski definition) is 1. The molecule has 1 amide bonds. The van der Waals surface area contributed by atoms with E-state index in [1.165, 1.54) is 23.9 Å². The van der Waals surface area contributed by atoms with Gasteiger partial charge >= 0.3 is 0 Å². The lowest BCUT2D eigenvalue weighted by atomic mass is 10.1. The highest BCUT2D eigenvalue weighted by molar-refractivity contribution is 8.00. The molecule has 1 atom stereocenters. The summed E-state index contributed by atoms with van der Waals surface area (Å²) in [6.07, 6.45) is 0. The van der Waals surface area contributed by atoms with Gasteiger partial charge in [-0.2, -0.15) is 4.68 Å². The Morgan fingerprint density at radius 2 is 1.96 bits per heavy atom. The summed E-state index contributed by atoms with van der Waals surface area (Å²) in [5.41, 5.74) is 3.87. The fourth-order valence-electron chi connectivity index (χ4n) is 2.50. The van der Waals surface area contributed by atoms with Crippen molar-refractivity contribution in [1.29, 1.82) is 0 Å². The molecule has 2 aromatic carbocycles. The number of aryl methyl sites for hydroxylation is 2. The van der Waals surface area contributed by atoms with Crippen LogP contribution in [0.4, 0.5) is 4.39 Å². The molecule has 8 heteroatoms. The molecule has 0 aliphatic heterocycles. The van der Waals surface area contributed by atoms with Crippen LogP contribution in [-0.2, 0) is 11.3 Å². The maximum absolute atomic E-state index is 12.9. The third kappa shape index (κ3) is 4.71. The highest BCUT2D eigenvalue weighted by atomic mass is 32.2. The van der Waals surface area contributed by atoms with Gasteiger partial charge in [0.25, 0.3) is 0 Å². The second-order valence-corrected chi connectivity index (χ2v) is 7.58. The van der Waals surface area contributed by atoms with Crippen molar-refractivity contribution in [3.8, 4) is 5.69 Å². The Morgan fingerprint density at radius 1 is 1.22 bits per heavy atom. The van der Waals surface area contributed by atoms with Crippen LogP contribution in [0.1, 0.15) is 23.6 Å². The molecule has 1 aromatic heterocycles. The molecule has 0 unspecified atom stereocenters. The molecule has 0 saturated heterocycles. The SMILES string of the molecule is Cc1ccc(C)c(-n2nnnc2S[C@H](C)C(=O)NCc2ccc(F)cc2)c1. The predicted molar refractivity (Wildman–Crippen MR) is 102 cm³/mol. The fraction of sp³-hybridized carbons (Fsp3) is 0.263. The first kappa shape index (κ1) is 19.0. The van der Waals surface area contributed by atoms with Crippen LogP contribution in [0, 0.1) is 19.7 Å². The molecule has 3 aromatic rings. The van der Waals surface area contributed by atoms with E-state index >= 15 is 0 Å². The van der Waals surface area contributed by atoms with Crippen molar-refractivity contribution in [2.75, 3.05) is 0 Å². The van der Waals surface area contributed by atoms with E-state index in [0.717, 1.165) is 22.4 Å². The molecule has 0 bridgehead atoms. The molecular weight excluding hydrogens is 365 g/mol. The first-order valence-corrected chi connectivity index (χ1v) is 9.37. The number of carbonyl (C=O) groups excluding carboxylic acids is 1. The van der Waals surface area contributed by atoms with Crippen molar-refractivity contribution in [3.05, 3.63) is 65.0 Å². The summed E-state index contributed by atoms with van der Waals surface area (Å²) in [7, 11) is 0. The summed E-state index contributed by atoms with van der Waals surface area (Å²) in [5, 5.41) is 14.9. The van der Waals surface area contributed by atoms with Crippen LogP contribution < -0.4 is 5.32 Å². The van der Waals surface area contributed by atoms with Crippen LogP contribution in [0.5, 0.6) is 0 Å². The zero-order valence-electron chi connectivity index (χ0n) is 15.3. The van der Waals surface area contributed by atoms with Crippen LogP contribution >= 0.6 is 11.8 Å². The summed E-state index contributed by atoms with van der Waals surface area (Å²) in [6, 6.07) is 12.1. The lowest BCUT2D eigenvalue weighted by molar-refractivity contribution is -0.120. The van der Waals surface area contributed by atoms with Gasteiger partial charge in [0.2, 0.25) is 11.1 Å². The van der Waals surface area contributed by atoms with Crippen molar-refractivity contribution < 1.29 is 9.18 Å². The summed E-state index contributed by atoms with van der Waals surface area (Å²) >= 11 is 1.29. The van der Waals surface area contributed by atoms with Crippen molar-refractivity contribution >= 4 is 17.7 Å². The second-order valence-electron chi connectivity index (χ2n) is 6.27. The zero-order valence-corrected chi connectivity index (χ0v) is 16.1. The molecule has 3 rings (SSSR count). The standard InChI is InChI=1S/C19H20FN5OS/c1-12-4-5-13(2)17(10-12)25-19(22-23-24-25)27-14(3)18(26)21-11-15-6-8-16(20)9-7-15/h4-10,14H,11H2,1-3H3,(H,21,26)/t14-/m1/s1. The molecule has 0 aliphatic rings. The van der Waals surface area contributed by atoms with Crippen LogP contribution in [0.15, 0.2) is 47.6 Å². The summed E-state index contributed by atoms with van der Waals surface area (Å²) < 4.78 is 14.6. The number of nitrogens with one attached hydrogen (secondary N) is 1. The monoisotopic (exact) mass is 385 g/mol. The maximum atomic E-state index is 12.9. The van der Waals surface area contributed by atoms with E-state index in [4.69, 9.17) is 0 Å². The lowest BCUT2D eigenvalue weighted by Crippen LogP contribution is -2.30. The number of halogens is 1. The number of rotatable bonds is 6. The minimum atomic E-state index is -0.389. The van der Waals surface area contributed by atoms with Gasteiger partial charge < -0.3 is 5.32 Å². The molecule has 0 aliphatic carbocycles. The average molecular weight is 385 g/mol. The highest BCUT2D eigenvalue weighted by Gasteiger charge is 2.19. The van der Waals surface area contributed by atoms with Crippen molar-refractivity contribution in [1.82, 2.24) is 25.5 Å². The third-order valence-electron chi connectivity index (χ3n) is 4.07. The van der Waals surface area contributed by atoms with E-state index in [9.17, 15) is 9.18 Å². The number of aromatic nitrogens is 4. The van der Waals surface area contributed by atoms with Gasteiger partial charge in [-0.25, -0.2) is 4.39 Å². The zero-order chi connectivity index (χ0) is 19.4. The first-order valence-electron chi connectivity index (χ1n) is 8.49. The Morgan fingerprint density at radius 3 is 2.70 bits per heavy atom. The molecule has 0 radical (unpaired) electrons. The predicted octanol–water partition coefficient (Wildman–Crippen LogP) is 3.22. The number of hydrogen-bond acceptors (Lipinski definition) is 5. The maximum Gasteiger partial charge on any atom is 0.233 e. The van der Waals surface area contributed by atoms with Gasteiger partial charge in [-0.15, -0.1) is 5.10 Å². The number of tetrazole rings is 1. The van der Waals surface area contributed by atoms with Gasteiger partial charge in [0.1, 0.15) is 5.82 Å². The molecule has 0 spiro atoms. The second kappa shape index (κ2) is 8.30. The Hall–Kier alpha value is -2.74. The van der Waals surface area contributed by atoms with E-state index in [1.54, 1.807) is 23.7 Å². The van der Waals surface area contributed by atoms with Gasteiger partial charge in [-0.3, -0.25) is 4.79 Å². The van der Waals surface area contributed by atoms with Crippen LogP contribution in [0.2, 0.25) is 0 Å². The number of thioether (sulfide) groups is 1. The first-order chi connectivity index (χ1) is 12.9. The lowest BCUT2D eigenvalue weighted by Gasteiger charge is -2.13. The average Bonchev–Trinajstić information content (AvgIpc) is 3.10. The quantitative estimate of drug-likeness (QED) is 0.660. The Labute approximate surface area is 161 Å². The van der Waals surface area contributed by atoms with Crippen molar-refractivity contribution in [2.24, 2.45) is 0 Å². The van der Waals surface area contributed by atoms with Crippen molar-refractivity contribution in [3.63, 3.8) is 0 Å². The molecule has 0 fully saturated rings. The van der Waals surface area contributed by atoms with Gasteiger partial charge in [0, 0.05) is 6.54 Å². The molecule has 140 valence electrons. The summed E-state index contributed by atoms with van der Waals surface area (Å²) in [4.78, 5) is 12.4. The summed E-state index contributed by atoms with van der Waals surface area (Å²) in [6.45, 7) is 6.13. The van der Waals surface area contributed by atoms with Gasteiger partial charge in [-0.1, -0.05) is 36.0 Å². The normalized spacial score (nSPS) is 12.0. The van der Waals surface area contributed by atoms with Crippen LogP contribution in [0.3, 0.4) is 0 Å². The number of benzene rings is 2. The molecule has 1 heterocycles. The van der Waals surface area contributed by atoms with Crippen LogP contribution in [0.25, 0.3) is 5.69 Å². The Balaban J connectivity index is 1.67. The van der Waals surface area contributed by atoms with E-state index in [-0.39, 0.29) is 17.0 Å². The fourth-order valence-corrected chi connectivity index (χ4v) is 3.32. The van der Waals surface area contributed by atoms with E-state index in [2.05, 4.69) is 20.8 Å². The number of nitrogens with zero attached hydrogens (tertiary/aromatic N) is 4. The minimum absolute atomic E-state index is 0.139. The largest absolute Gasteiger partial charge is 0.351 e. The van der Waals surface area contributed by atoms with Gasteiger partial charge in [0.15, 0.2) is 0 Å². The van der Waals surface area contributed by atoms with Crippen molar-refractivity contribution in [2.45, 2.75) is 37.7 Å². The molecule has 1 N–H and O–H groups in total. The third-order valence-corrected chi connectivity index (χ3v) is 5.10. The van der Waals surface area contributed by atoms with Gasteiger partial charge in [0.05, 0.1) is 10.9 Å². The molecular formula is C19H20FN5OS. The number of amides is 1. The number of carbonyl (C=O) groups is 1. The van der Waals surface area contributed by atoms with Gasteiger partial charge in [-0.05, 0) is 66.1 Å². The molecule has 0 saturated carbocycles. The highest BCUT2D eigenvalue weighted by Crippen LogP contribution is 2.25. The minimum Gasteiger partial charge on any atom is -0.351 e. The Bertz CT molecular complexity index is 942. The Kier molecular flexibility index (Phi) is 5.85. The topological polar surface area (TPSA) is 72.7 Å². The van der Waals surface area contributed by atoms with Crippen LogP contribution in [-0.4, -0.2) is 31.4 Å². The summed E-state index contributed by atoms with van der Waals surface area (Å²) in [5.74, 6) is -0.438. The van der Waals surface area contributed by atoms with E-state index in [1.807, 2.05) is 32.0 Å². The molecule has 6 nitrogen and oxygen atoms in total. The van der Waals surface area contributed by atoms with E-state index in [0.29, 0.717) is 11.7 Å². The van der Waals surface area contributed by atoms with E-state index < -0.39 is 0 Å². The smallest absolute Gasteiger partial charge is 0.233 e.